The molecule has 3 aliphatic rings. The van der Waals surface area contributed by atoms with Crippen molar-refractivity contribution in [3.05, 3.63) is 30.6 Å². The molecule has 5 heterocycles. The highest BCUT2D eigenvalue weighted by Crippen LogP contribution is 2.46. The summed E-state index contributed by atoms with van der Waals surface area (Å²) in [5, 5.41) is 11.6. The molecule has 2 saturated heterocycles. The van der Waals surface area contributed by atoms with Crippen molar-refractivity contribution in [2.24, 2.45) is 5.41 Å². The lowest BCUT2D eigenvalue weighted by Crippen LogP contribution is -2.39. The van der Waals surface area contributed by atoms with Crippen molar-refractivity contribution in [2.45, 2.75) is 61.3 Å². The highest BCUT2D eigenvalue weighted by molar-refractivity contribution is 7.99. The van der Waals surface area contributed by atoms with Crippen LogP contribution in [0.5, 0.6) is 5.75 Å². The van der Waals surface area contributed by atoms with Gasteiger partial charge < -0.3 is 14.9 Å². The molecule has 2 aliphatic heterocycles. The fourth-order valence-electron chi connectivity index (χ4n) is 5.70. The fraction of sp³-hybridized carbons (Fsp3) is 0.520. The van der Waals surface area contributed by atoms with E-state index < -0.39 is 0 Å². The summed E-state index contributed by atoms with van der Waals surface area (Å²) in [5.74, 6) is 1.86. The Kier molecular flexibility index (Phi) is 5.48. The highest BCUT2D eigenvalue weighted by atomic mass is 32.2. The van der Waals surface area contributed by atoms with Crippen molar-refractivity contribution in [3.63, 3.8) is 0 Å². The second-order valence-corrected chi connectivity index (χ2v) is 10.8. The third kappa shape index (κ3) is 4.09. The molecular formula is C25H30N6OS. The monoisotopic (exact) mass is 462 g/mol. The van der Waals surface area contributed by atoms with Gasteiger partial charge in [-0.25, -0.2) is 19.9 Å². The molecule has 1 saturated carbocycles. The van der Waals surface area contributed by atoms with E-state index in [1.54, 1.807) is 6.20 Å². The van der Waals surface area contributed by atoms with Gasteiger partial charge in [0, 0.05) is 32.4 Å². The van der Waals surface area contributed by atoms with Crippen LogP contribution in [0.15, 0.2) is 40.5 Å². The van der Waals surface area contributed by atoms with Gasteiger partial charge in [-0.05, 0) is 62.1 Å². The van der Waals surface area contributed by atoms with Crippen LogP contribution in [0.1, 0.15) is 51.4 Å². The largest absolute Gasteiger partial charge is 0.503 e. The molecule has 7 nitrogen and oxygen atoms in total. The lowest BCUT2D eigenvalue weighted by molar-refractivity contribution is 0.226. The van der Waals surface area contributed by atoms with Crippen LogP contribution in [-0.4, -0.2) is 51.2 Å². The third-order valence-electron chi connectivity index (χ3n) is 7.67. The second kappa shape index (κ2) is 8.63. The summed E-state index contributed by atoms with van der Waals surface area (Å²) in [5.41, 5.74) is 2.05. The van der Waals surface area contributed by atoms with Crippen LogP contribution < -0.4 is 9.80 Å². The van der Waals surface area contributed by atoms with E-state index in [-0.39, 0.29) is 5.75 Å². The molecule has 0 amide bonds. The Morgan fingerprint density at radius 1 is 0.818 bits per heavy atom. The summed E-state index contributed by atoms with van der Waals surface area (Å²) in [7, 11) is 0. The molecule has 3 aromatic rings. The standard InChI is InChI=1S/C25H30N6OS/c32-22-19(7-12-26-24(22)31-13-3-4-14-31)33-21-6-5-18-23(29-21)27-17-20(28-18)30-15-10-25(11-16-30)8-1-2-9-25/h5-7,12,17,32H,1-4,8-11,13-16H2. The molecule has 6 rings (SSSR count). The van der Waals surface area contributed by atoms with Gasteiger partial charge in [0.2, 0.25) is 0 Å². The van der Waals surface area contributed by atoms with E-state index >= 15 is 0 Å². The van der Waals surface area contributed by atoms with E-state index in [9.17, 15) is 5.11 Å². The van der Waals surface area contributed by atoms with Crippen LogP contribution in [0.2, 0.25) is 0 Å². The van der Waals surface area contributed by atoms with E-state index in [1.807, 2.05) is 24.4 Å². The Morgan fingerprint density at radius 3 is 2.39 bits per heavy atom. The molecule has 3 aromatic heterocycles. The molecule has 1 aliphatic carbocycles. The minimum absolute atomic E-state index is 0.234. The van der Waals surface area contributed by atoms with E-state index in [2.05, 4.69) is 19.8 Å². The van der Waals surface area contributed by atoms with Crippen molar-refractivity contribution >= 4 is 34.6 Å². The zero-order chi connectivity index (χ0) is 22.3. The number of hydrogen-bond donors (Lipinski definition) is 1. The van der Waals surface area contributed by atoms with Crippen LogP contribution in [0.25, 0.3) is 11.2 Å². The predicted molar refractivity (Wildman–Crippen MR) is 131 cm³/mol. The highest BCUT2D eigenvalue weighted by Gasteiger charge is 2.37. The predicted octanol–water partition coefficient (Wildman–Crippen LogP) is 5.04. The number of rotatable bonds is 4. The Labute approximate surface area is 198 Å². The van der Waals surface area contributed by atoms with Crippen molar-refractivity contribution in [3.8, 4) is 5.75 Å². The van der Waals surface area contributed by atoms with E-state index in [0.29, 0.717) is 16.9 Å². The van der Waals surface area contributed by atoms with Gasteiger partial charge in [0.25, 0.3) is 0 Å². The molecule has 33 heavy (non-hydrogen) atoms. The molecule has 0 aromatic carbocycles. The smallest absolute Gasteiger partial charge is 0.179 e. The number of piperidine rings is 1. The molecule has 1 N–H and O–H groups in total. The number of hydrogen-bond acceptors (Lipinski definition) is 8. The van der Waals surface area contributed by atoms with Crippen molar-refractivity contribution < 1.29 is 5.11 Å². The van der Waals surface area contributed by atoms with Crippen molar-refractivity contribution in [2.75, 3.05) is 36.0 Å². The Balaban J connectivity index is 1.19. The molecular weight excluding hydrogens is 432 g/mol. The maximum absolute atomic E-state index is 10.8. The van der Waals surface area contributed by atoms with Crippen LogP contribution in [0.3, 0.4) is 0 Å². The maximum Gasteiger partial charge on any atom is 0.179 e. The summed E-state index contributed by atoms with van der Waals surface area (Å²) in [6, 6.07) is 5.79. The van der Waals surface area contributed by atoms with Crippen molar-refractivity contribution in [1.82, 2.24) is 19.9 Å². The first-order valence-electron chi connectivity index (χ1n) is 12.2. The average molecular weight is 463 g/mol. The summed E-state index contributed by atoms with van der Waals surface area (Å²) < 4.78 is 0. The van der Waals surface area contributed by atoms with E-state index in [4.69, 9.17) is 9.97 Å². The number of nitrogens with zero attached hydrogens (tertiary/aromatic N) is 6. The van der Waals surface area contributed by atoms with Gasteiger partial charge in [0.15, 0.2) is 17.2 Å². The van der Waals surface area contributed by atoms with Gasteiger partial charge in [-0.2, -0.15) is 0 Å². The first-order chi connectivity index (χ1) is 16.2. The summed E-state index contributed by atoms with van der Waals surface area (Å²) >= 11 is 1.44. The van der Waals surface area contributed by atoms with Crippen LogP contribution in [-0.2, 0) is 0 Å². The normalized spacial score (nSPS) is 20.2. The summed E-state index contributed by atoms with van der Waals surface area (Å²) in [4.78, 5) is 23.9. The number of aromatic nitrogens is 4. The SMILES string of the molecule is Oc1c(Sc2ccc3nc(N4CCC5(CCCC5)CC4)cnc3n2)ccnc1N1CCCC1. The van der Waals surface area contributed by atoms with Crippen LogP contribution in [0.4, 0.5) is 11.6 Å². The molecule has 0 atom stereocenters. The number of pyridine rings is 2. The minimum Gasteiger partial charge on any atom is -0.503 e. The topological polar surface area (TPSA) is 78.3 Å². The first kappa shape index (κ1) is 21.0. The number of aromatic hydroxyl groups is 1. The van der Waals surface area contributed by atoms with E-state index in [0.717, 1.165) is 60.3 Å². The minimum atomic E-state index is 0.234. The van der Waals surface area contributed by atoms with E-state index in [1.165, 1.54) is 50.3 Å². The van der Waals surface area contributed by atoms with Gasteiger partial charge in [-0.1, -0.05) is 24.6 Å². The van der Waals surface area contributed by atoms with Crippen LogP contribution >= 0.6 is 11.8 Å². The quantitative estimate of drug-likeness (QED) is 0.578. The Morgan fingerprint density at radius 2 is 1.61 bits per heavy atom. The van der Waals surface area contributed by atoms with Gasteiger partial charge in [-0.3, -0.25) is 0 Å². The maximum atomic E-state index is 10.8. The molecule has 1 spiro atoms. The number of fused-ring (bicyclic) bond motifs is 1. The average Bonchev–Trinajstić information content (AvgIpc) is 3.54. The zero-order valence-corrected chi connectivity index (χ0v) is 19.7. The first-order valence-corrected chi connectivity index (χ1v) is 13.0. The molecule has 8 heteroatoms. The molecule has 0 radical (unpaired) electrons. The zero-order valence-electron chi connectivity index (χ0n) is 18.9. The fourth-order valence-corrected chi connectivity index (χ4v) is 6.51. The Bertz CT molecular complexity index is 1150. The lowest BCUT2D eigenvalue weighted by atomic mass is 9.77. The summed E-state index contributed by atoms with van der Waals surface area (Å²) in [6.07, 6.45) is 14.1. The molecule has 0 bridgehead atoms. The van der Waals surface area contributed by atoms with Gasteiger partial charge >= 0.3 is 0 Å². The molecule has 0 unspecified atom stereocenters. The molecule has 172 valence electrons. The summed E-state index contributed by atoms with van der Waals surface area (Å²) in [6.45, 7) is 4.03. The third-order valence-corrected chi connectivity index (χ3v) is 8.65. The van der Waals surface area contributed by atoms with Gasteiger partial charge in [0.1, 0.15) is 16.4 Å². The lowest BCUT2D eigenvalue weighted by Gasteiger charge is -2.39. The molecule has 3 fully saturated rings. The number of anilines is 2. The van der Waals surface area contributed by atoms with Crippen molar-refractivity contribution in [1.29, 1.82) is 0 Å². The van der Waals surface area contributed by atoms with Gasteiger partial charge in [0.05, 0.1) is 11.1 Å². The van der Waals surface area contributed by atoms with Crippen LogP contribution in [0, 0.1) is 5.41 Å². The second-order valence-electron chi connectivity index (χ2n) is 9.69. The van der Waals surface area contributed by atoms with Gasteiger partial charge in [-0.15, -0.1) is 0 Å². The Hall–Kier alpha value is -2.61.